The van der Waals surface area contributed by atoms with E-state index in [9.17, 15) is 8.42 Å². The SMILES string of the molecule is N#CC(C#N)=CNc1ccc(CS(=O)(=O)N2CCCC2)cc1. The lowest BCUT2D eigenvalue weighted by atomic mass is 10.2. The van der Waals surface area contributed by atoms with Gasteiger partial charge in [0, 0.05) is 25.0 Å². The Kier molecular flexibility index (Phi) is 5.16. The Morgan fingerprint density at radius 2 is 1.77 bits per heavy atom. The van der Waals surface area contributed by atoms with Crippen LogP contribution in [0.3, 0.4) is 0 Å². The minimum absolute atomic E-state index is 0.00917. The molecule has 1 fully saturated rings. The van der Waals surface area contributed by atoms with Crippen molar-refractivity contribution in [3.63, 3.8) is 0 Å². The molecule has 7 heteroatoms. The summed E-state index contributed by atoms with van der Waals surface area (Å²) < 4.78 is 26.0. The van der Waals surface area contributed by atoms with Crippen molar-refractivity contribution in [3.05, 3.63) is 41.6 Å². The van der Waals surface area contributed by atoms with Gasteiger partial charge in [0.25, 0.3) is 0 Å². The number of nitrogens with zero attached hydrogens (tertiary/aromatic N) is 3. The van der Waals surface area contributed by atoms with Gasteiger partial charge in [-0.15, -0.1) is 0 Å². The largest absolute Gasteiger partial charge is 0.360 e. The lowest BCUT2D eigenvalue weighted by Crippen LogP contribution is -2.29. The molecule has 114 valence electrons. The van der Waals surface area contributed by atoms with E-state index in [0.29, 0.717) is 24.3 Å². The summed E-state index contributed by atoms with van der Waals surface area (Å²) in [6.07, 6.45) is 3.17. The number of anilines is 1. The molecule has 0 spiro atoms. The Labute approximate surface area is 130 Å². The van der Waals surface area contributed by atoms with Gasteiger partial charge in [0.1, 0.15) is 17.7 Å². The molecule has 0 aromatic heterocycles. The Hall–Kier alpha value is -2.35. The van der Waals surface area contributed by atoms with E-state index in [-0.39, 0.29) is 11.3 Å². The molecule has 0 amide bonds. The maximum atomic E-state index is 12.2. The van der Waals surface area contributed by atoms with Gasteiger partial charge in [0.15, 0.2) is 0 Å². The third-order valence-electron chi connectivity index (χ3n) is 3.39. The summed E-state index contributed by atoms with van der Waals surface area (Å²) in [5.41, 5.74) is 1.37. The van der Waals surface area contributed by atoms with Gasteiger partial charge in [-0.2, -0.15) is 10.5 Å². The van der Waals surface area contributed by atoms with Crippen LogP contribution in [-0.4, -0.2) is 25.8 Å². The summed E-state index contributed by atoms with van der Waals surface area (Å²) in [7, 11) is -3.24. The molecular formula is C15H16N4O2S. The smallest absolute Gasteiger partial charge is 0.218 e. The van der Waals surface area contributed by atoms with Crippen LogP contribution in [0.1, 0.15) is 18.4 Å². The molecule has 0 aliphatic carbocycles. The third-order valence-corrected chi connectivity index (χ3v) is 5.24. The second-order valence-corrected chi connectivity index (χ2v) is 6.95. The Morgan fingerprint density at radius 3 is 2.32 bits per heavy atom. The van der Waals surface area contributed by atoms with Crippen molar-refractivity contribution < 1.29 is 8.42 Å². The summed E-state index contributed by atoms with van der Waals surface area (Å²) in [5, 5.41) is 20.1. The van der Waals surface area contributed by atoms with Crippen LogP contribution < -0.4 is 5.32 Å². The standard InChI is InChI=1S/C15H16N4O2S/c16-9-14(10-17)11-18-15-5-3-13(4-6-15)12-22(20,21)19-7-1-2-8-19/h3-6,11,18H,1-2,7-8,12H2. The summed E-state index contributed by atoms with van der Waals surface area (Å²) in [6, 6.07) is 10.4. The third kappa shape index (κ3) is 4.08. The molecule has 6 nitrogen and oxygen atoms in total. The van der Waals surface area contributed by atoms with Crippen molar-refractivity contribution in [1.82, 2.24) is 4.31 Å². The normalized spacial score (nSPS) is 14.8. The topological polar surface area (TPSA) is 97.0 Å². The van der Waals surface area contributed by atoms with Crippen LogP contribution in [0, 0.1) is 22.7 Å². The van der Waals surface area contributed by atoms with Crippen molar-refractivity contribution in [3.8, 4) is 12.1 Å². The highest BCUT2D eigenvalue weighted by atomic mass is 32.2. The van der Waals surface area contributed by atoms with Gasteiger partial charge in [0.2, 0.25) is 10.0 Å². The number of nitriles is 2. The zero-order valence-corrected chi connectivity index (χ0v) is 12.8. The Morgan fingerprint density at radius 1 is 1.18 bits per heavy atom. The van der Waals surface area contributed by atoms with Crippen molar-refractivity contribution in [2.24, 2.45) is 0 Å². The van der Waals surface area contributed by atoms with Crippen molar-refractivity contribution in [1.29, 1.82) is 10.5 Å². The van der Waals surface area contributed by atoms with Crippen LogP contribution in [0.2, 0.25) is 0 Å². The molecule has 1 N–H and O–H groups in total. The number of nitrogens with one attached hydrogen (secondary N) is 1. The molecule has 1 aromatic carbocycles. The van der Waals surface area contributed by atoms with Gasteiger partial charge in [-0.05, 0) is 30.5 Å². The minimum atomic E-state index is -3.24. The van der Waals surface area contributed by atoms with E-state index in [4.69, 9.17) is 10.5 Å². The summed E-state index contributed by atoms with van der Waals surface area (Å²) in [4.78, 5) is 0. The van der Waals surface area contributed by atoms with E-state index >= 15 is 0 Å². The van der Waals surface area contributed by atoms with Crippen molar-refractivity contribution in [2.75, 3.05) is 18.4 Å². The lowest BCUT2D eigenvalue weighted by molar-refractivity contribution is 0.476. The van der Waals surface area contributed by atoms with E-state index in [1.807, 2.05) is 0 Å². The van der Waals surface area contributed by atoms with E-state index in [0.717, 1.165) is 12.8 Å². The fourth-order valence-electron chi connectivity index (χ4n) is 2.21. The zero-order valence-electron chi connectivity index (χ0n) is 12.0. The zero-order chi connectivity index (χ0) is 16.0. The maximum absolute atomic E-state index is 12.2. The molecular weight excluding hydrogens is 300 g/mol. The van der Waals surface area contributed by atoms with Gasteiger partial charge >= 0.3 is 0 Å². The second kappa shape index (κ2) is 7.08. The molecule has 1 aromatic rings. The fraction of sp³-hybridized carbons (Fsp3) is 0.333. The first-order valence-corrected chi connectivity index (χ1v) is 8.50. The molecule has 1 aliphatic rings. The van der Waals surface area contributed by atoms with E-state index in [1.165, 1.54) is 10.5 Å². The van der Waals surface area contributed by atoms with E-state index in [2.05, 4.69) is 5.32 Å². The summed E-state index contributed by atoms with van der Waals surface area (Å²) in [5.74, 6) is -0.00917. The highest BCUT2D eigenvalue weighted by molar-refractivity contribution is 7.88. The predicted molar refractivity (Wildman–Crippen MR) is 82.8 cm³/mol. The highest BCUT2D eigenvalue weighted by Crippen LogP contribution is 2.18. The van der Waals surface area contributed by atoms with Crippen LogP contribution >= 0.6 is 0 Å². The average Bonchev–Trinajstić information content (AvgIpc) is 3.05. The number of benzene rings is 1. The molecule has 0 bridgehead atoms. The van der Waals surface area contributed by atoms with E-state index < -0.39 is 10.0 Å². The Bertz CT molecular complexity index is 717. The van der Waals surface area contributed by atoms with E-state index in [1.54, 1.807) is 36.4 Å². The second-order valence-electron chi connectivity index (χ2n) is 4.99. The minimum Gasteiger partial charge on any atom is -0.360 e. The quantitative estimate of drug-likeness (QED) is 0.837. The molecule has 0 radical (unpaired) electrons. The van der Waals surface area contributed by atoms with Crippen LogP contribution in [0.25, 0.3) is 0 Å². The first-order chi connectivity index (χ1) is 10.5. The van der Waals surface area contributed by atoms with Crippen molar-refractivity contribution >= 4 is 15.7 Å². The van der Waals surface area contributed by atoms with Gasteiger partial charge in [-0.3, -0.25) is 0 Å². The first-order valence-electron chi connectivity index (χ1n) is 6.89. The van der Waals surface area contributed by atoms with Gasteiger partial charge in [0.05, 0.1) is 5.75 Å². The number of hydrogen-bond acceptors (Lipinski definition) is 5. The van der Waals surface area contributed by atoms with Crippen LogP contribution in [0.15, 0.2) is 36.0 Å². The first kappa shape index (κ1) is 16.0. The maximum Gasteiger partial charge on any atom is 0.218 e. The van der Waals surface area contributed by atoms with Crippen LogP contribution in [0.5, 0.6) is 0 Å². The highest BCUT2D eigenvalue weighted by Gasteiger charge is 2.25. The molecule has 0 unspecified atom stereocenters. The molecule has 0 saturated carbocycles. The van der Waals surface area contributed by atoms with Crippen molar-refractivity contribution in [2.45, 2.75) is 18.6 Å². The molecule has 1 aliphatic heterocycles. The number of allylic oxidation sites excluding steroid dienone is 1. The van der Waals surface area contributed by atoms with Gasteiger partial charge in [-0.1, -0.05) is 12.1 Å². The summed E-state index contributed by atoms with van der Waals surface area (Å²) in [6.45, 7) is 1.22. The van der Waals surface area contributed by atoms with Crippen LogP contribution in [0.4, 0.5) is 5.69 Å². The molecule has 1 saturated heterocycles. The van der Waals surface area contributed by atoms with Gasteiger partial charge < -0.3 is 5.32 Å². The molecule has 22 heavy (non-hydrogen) atoms. The average molecular weight is 316 g/mol. The fourth-order valence-corrected chi connectivity index (χ4v) is 3.82. The monoisotopic (exact) mass is 316 g/mol. The number of rotatable bonds is 5. The molecule has 1 heterocycles. The molecule has 2 rings (SSSR count). The van der Waals surface area contributed by atoms with Gasteiger partial charge in [-0.25, -0.2) is 12.7 Å². The predicted octanol–water partition coefficient (Wildman–Crippen LogP) is 1.96. The van der Waals surface area contributed by atoms with Crippen LogP contribution in [-0.2, 0) is 15.8 Å². The molecule has 0 atom stereocenters. The number of hydrogen-bond donors (Lipinski definition) is 1. The summed E-state index contributed by atoms with van der Waals surface area (Å²) >= 11 is 0. The Balaban J connectivity index is 2.02. The number of sulfonamides is 1. The lowest BCUT2D eigenvalue weighted by Gasteiger charge is -2.15.